The summed E-state index contributed by atoms with van der Waals surface area (Å²) in [4.78, 5) is 14.7. The number of fused-ring (bicyclic) bond motifs is 1. The highest BCUT2D eigenvalue weighted by atomic mass is 19.1. The van der Waals surface area contributed by atoms with Crippen molar-refractivity contribution < 1.29 is 9.31 Å². The summed E-state index contributed by atoms with van der Waals surface area (Å²) < 4.78 is 14.5. The molecule has 0 saturated carbocycles. The molecule has 0 aliphatic carbocycles. The van der Waals surface area contributed by atoms with Crippen molar-refractivity contribution in [3.63, 3.8) is 0 Å². The van der Waals surface area contributed by atoms with Gasteiger partial charge in [0.05, 0.1) is 34.6 Å². The van der Waals surface area contributed by atoms with Gasteiger partial charge in [-0.2, -0.15) is 5.10 Å². The lowest BCUT2D eigenvalue weighted by Crippen LogP contribution is -2.03. The fraction of sp³-hybridized carbons (Fsp3) is 0.0667. The number of non-ortho nitro benzene ring substituents is 1. The predicted molar refractivity (Wildman–Crippen MR) is 79.8 cm³/mol. The molecule has 0 N–H and O–H groups in total. The minimum absolute atomic E-state index is 0.0225. The molecule has 0 fully saturated rings. The second-order valence-electron chi connectivity index (χ2n) is 4.64. The van der Waals surface area contributed by atoms with E-state index in [0.717, 1.165) is 6.20 Å². The third kappa shape index (κ3) is 2.32. The van der Waals surface area contributed by atoms with E-state index in [4.69, 9.17) is 0 Å². The molecule has 0 bridgehead atoms. The summed E-state index contributed by atoms with van der Waals surface area (Å²) in [5.41, 5.74) is 1.62. The summed E-state index contributed by atoms with van der Waals surface area (Å²) in [7, 11) is 0. The van der Waals surface area contributed by atoms with Gasteiger partial charge in [0.1, 0.15) is 11.2 Å². The van der Waals surface area contributed by atoms with Crippen LogP contribution in [0.4, 0.5) is 10.1 Å². The van der Waals surface area contributed by atoms with Crippen molar-refractivity contribution in [2.45, 2.75) is 6.54 Å². The summed E-state index contributed by atoms with van der Waals surface area (Å²) in [5, 5.41) is 15.9. The van der Waals surface area contributed by atoms with Crippen LogP contribution in [0, 0.1) is 15.9 Å². The van der Waals surface area contributed by atoms with Gasteiger partial charge < -0.3 is 0 Å². The quantitative estimate of drug-likeness (QED) is 0.547. The molecule has 0 aliphatic rings. The Kier molecular flexibility index (Phi) is 3.38. The molecule has 0 amide bonds. The second kappa shape index (κ2) is 5.36. The van der Waals surface area contributed by atoms with Crippen molar-refractivity contribution in [3.05, 3.63) is 70.4 Å². The summed E-state index contributed by atoms with van der Waals surface area (Å²) >= 11 is 0. The first-order valence-electron chi connectivity index (χ1n) is 6.47. The van der Waals surface area contributed by atoms with Crippen LogP contribution in [-0.4, -0.2) is 19.7 Å². The Labute approximate surface area is 124 Å². The van der Waals surface area contributed by atoms with Gasteiger partial charge in [-0.25, -0.2) is 4.39 Å². The first-order valence-corrected chi connectivity index (χ1v) is 6.47. The van der Waals surface area contributed by atoms with Gasteiger partial charge in [0, 0.05) is 6.07 Å². The van der Waals surface area contributed by atoms with Crippen molar-refractivity contribution in [2.24, 2.45) is 0 Å². The van der Waals surface area contributed by atoms with Crippen molar-refractivity contribution in [1.82, 2.24) is 14.8 Å². The van der Waals surface area contributed by atoms with E-state index in [2.05, 4.69) is 16.7 Å². The van der Waals surface area contributed by atoms with E-state index in [9.17, 15) is 14.5 Å². The number of hydrogen-bond acceptors (Lipinski definition) is 4. The minimum atomic E-state index is -0.447. The normalized spacial score (nSPS) is 10.8. The van der Waals surface area contributed by atoms with E-state index < -0.39 is 10.7 Å². The van der Waals surface area contributed by atoms with E-state index in [1.165, 1.54) is 18.2 Å². The molecule has 2 heterocycles. The zero-order valence-electron chi connectivity index (χ0n) is 11.4. The maximum Gasteiger partial charge on any atom is 0.281 e. The Hall–Kier alpha value is -3.09. The molecule has 0 atom stereocenters. The third-order valence-electron chi connectivity index (χ3n) is 3.27. The van der Waals surface area contributed by atoms with E-state index in [0.29, 0.717) is 22.3 Å². The zero-order valence-corrected chi connectivity index (χ0v) is 11.4. The fourth-order valence-corrected chi connectivity index (χ4v) is 2.31. The van der Waals surface area contributed by atoms with Gasteiger partial charge in [-0.15, -0.1) is 0 Å². The van der Waals surface area contributed by atoms with Crippen LogP contribution >= 0.6 is 0 Å². The predicted octanol–water partition coefficient (Wildman–Crippen LogP) is 3.17. The Morgan fingerprint density at radius 2 is 2.18 bits per heavy atom. The molecular formula is C15H11FN4O2. The molecule has 0 spiro atoms. The molecule has 6 nitrogen and oxygen atoms in total. The molecule has 2 aromatic heterocycles. The third-order valence-corrected chi connectivity index (χ3v) is 3.27. The maximum atomic E-state index is 12.9. The minimum Gasteiger partial charge on any atom is -0.258 e. The summed E-state index contributed by atoms with van der Waals surface area (Å²) in [6.45, 7) is 3.93. The Balaban J connectivity index is 2.14. The van der Waals surface area contributed by atoms with Gasteiger partial charge >= 0.3 is 0 Å². The fourth-order valence-electron chi connectivity index (χ4n) is 2.31. The highest BCUT2D eigenvalue weighted by molar-refractivity contribution is 5.94. The van der Waals surface area contributed by atoms with E-state index in [1.807, 2.05) is 0 Å². The average molecular weight is 298 g/mol. The van der Waals surface area contributed by atoms with Gasteiger partial charge in [-0.3, -0.25) is 19.8 Å². The number of rotatable bonds is 4. The number of pyridine rings is 1. The van der Waals surface area contributed by atoms with Crippen LogP contribution in [0.3, 0.4) is 0 Å². The molecule has 0 radical (unpaired) electrons. The van der Waals surface area contributed by atoms with Crippen LogP contribution in [0.25, 0.3) is 17.0 Å². The van der Waals surface area contributed by atoms with Crippen LogP contribution < -0.4 is 0 Å². The molecule has 110 valence electrons. The lowest BCUT2D eigenvalue weighted by molar-refractivity contribution is -0.383. The number of halogens is 1. The van der Waals surface area contributed by atoms with Crippen LogP contribution in [0.2, 0.25) is 0 Å². The molecule has 3 aromatic rings. The van der Waals surface area contributed by atoms with Crippen LogP contribution in [0.15, 0.2) is 43.1 Å². The topological polar surface area (TPSA) is 73.8 Å². The molecule has 0 saturated heterocycles. The van der Waals surface area contributed by atoms with E-state index >= 15 is 0 Å². The van der Waals surface area contributed by atoms with Gasteiger partial charge in [-0.05, 0) is 24.3 Å². The summed E-state index contributed by atoms with van der Waals surface area (Å²) in [6, 6.07) is 7.63. The van der Waals surface area contributed by atoms with Gasteiger partial charge in [-0.1, -0.05) is 12.6 Å². The Morgan fingerprint density at radius 1 is 1.36 bits per heavy atom. The van der Waals surface area contributed by atoms with Crippen LogP contribution in [-0.2, 0) is 6.54 Å². The summed E-state index contributed by atoms with van der Waals surface area (Å²) in [5.74, 6) is -0.420. The van der Waals surface area contributed by atoms with Crippen molar-refractivity contribution in [2.75, 3.05) is 0 Å². The number of nitro benzene ring substituents is 1. The number of nitrogens with zero attached hydrogens (tertiary/aromatic N) is 4. The highest BCUT2D eigenvalue weighted by Gasteiger charge is 2.19. The smallest absolute Gasteiger partial charge is 0.258 e. The lowest BCUT2D eigenvalue weighted by atomic mass is 10.1. The Morgan fingerprint density at radius 3 is 2.82 bits per heavy atom. The number of benzene rings is 1. The molecule has 0 unspecified atom stereocenters. The highest BCUT2D eigenvalue weighted by Crippen LogP contribution is 2.29. The van der Waals surface area contributed by atoms with Crippen molar-refractivity contribution >= 4 is 22.7 Å². The van der Waals surface area contributed by atoms with Gasteiger partial charge in [0.25, 0.3) is 5.69 Å². The Bertz CT molecular complexity index is 871. The largest absolute Gasteiger partial charge is 0.281 e. The molecule has 1 aromatic carbocycles. The van der Waals surface area contributed by atoms with Crippen molar-refractivity contribution in [3.8, 4) is 0 Å². The molecule has 7 heteroatoms. The number of aromatic nitrogens is 3. The molecule has 22 heavy (non-hydrogen) atoms. The first-order chi connectivity index (χ1) is 10.6. The summed E-state index contributed by atoms with van der Waals surface area (Å²) in [6.07, 6.45) is 2.60. The van der Waals surface area contributed by atoms with E-state index in [-0.39, 0.29) is 12.2 Å². The van der Waals surface area contributed by atoms with E-state index in [1.54, 1.807) is 22.9 Å². The SMILES string of the molecule is C=Cc1nn(Cc2ccc(F)cn2)c2cccc([N+](=O)[O-])c12. The first kappa shape index (κ1) is 13.9. The molecular weight excluding hydrogens is 287 g/mol. The lowest BCUT2D eigenvalue weighted by Gasteiger charge is -2.03. The van der Waals surface area contributed by atoms with Crippen LogP contribution in [0.5, 0.6) is 0 Å². The van der Waals surface area contributed by atoms with Gasteiger partial charge in [0.15, 0.2) is 0 Å². The second-order valence-corrected chi connectivity index (χ2v) is 4.64. The van der Waals surface area contributed by atoms with Crippen molar-refractivity contribution in [1.29, 1.82) is 0 Å². The number of hydrogen-bond donors (Lipinski definition) is 0. The number of nitro groups is 1. The average Bonchev–Trinajstić information content (AvgIpc) is 2.87. The maximum absolute atomic E-state index is 12.9. The molecule has 3 rings (SSSR count). The zero-order chi connectivity index (χ0) is 15.7. The molecule has 0 aliphatic heterocycles. The monoisotopic (exact) mass is 298 g/mol. The van der Waals surface area contributed by atoms with Crippen LogP contribution in [0.1, 0.15) is 11.4 Å². The standard InChI is InChI=1S/C15H11FN4O2/c1-2-12-15-13(4-3-5-14(15)20(21)22)19(18-12)9-11-7-6-10(16)8-17-11/h2-8H,1,9H2. The van der Waals surface area contributed by atoms with Gasteiger partial charge in [0.2, 0.25) is 0 Å².